The molecule has 5 heteroatoms. The van der Waals surface area contributed by atoms with Crippen molar-refractivity contribution in [2.75, 3.05) is 6.61 Å². The second kappa shape index (κ2) is 4.58. The molecular formula is C9H7ClN2O2. The molecule has 72 valence electrons. The van der Waals surface area contributed by atoms with E-state index in [-0.39, 0.29) is 17.9 Å². The van der Waals surface area contributed by atoms with Crippen LogP contribution in [0.15, 0.2) is 12.3 Å². The lowest BCUT2D eigenvalue weighted by Gasteiger charge is -2.02. The average molecular weight is 211 g/mol. The number of hydrogen-bond donors (Lipinski definition) is 0. The Kier molecular flexibility index (Phi) is 3.43. The van der Waals surface area contributed by atoms with E-state index in [1.165, 1.54) is 12.3 Å². The van der Waals surface area contributed by atoms with Gasteiger partial charge in [0.1, 0.15) is 6.07 Å². The zero-order valence-corrected chi connectivity index (χ0v) is 8.21. The average Bonchev–Trinajstić information content (AvgIpc) is 2.18. The third kappa shape index (κ3) is 2.21. The largest absolute Gasteiger partial charge is 0.462 e. The summed E-state index contributed by atoms with van der Waals surface area (Å²) in [7, 11) is 0. The van der Waals surface area contributed by atoms with E-state index in [0.29, 0.717) is 5.02 Å². The van der Waals surface area contributed by atoms with Crippen molar-refractivity contribution < 1.29 is 9.53 Å². The summed E-state index contributed by atoms with van der Waals surface area (Å²) in [5.74, 6) is -0.584. The van der Waals surface area contributed by atoms with E-state index in [2.05, 4.69) is 4.98 Å². The maximum atomic E-state index is 11.3. The van der Waals surface area contributed by atoms with Gasteiger partial charge in [-0.2, -0.15) is 5.26 Å². The van der Waals surface area contributed by atoms with Crippen molar-refractivity contribution in [3.05, 3.63) is 28.5 Å². The van der Waals surface area contributed by atoms with Crippen molar-refractivity contribution in [2.45, 2.75) is 6.92 Å². The number of hydrogen-bond acceptors (Lipinski definition) is 4. The Bertz CT molecular complexity index is 398. The quantitative estimate of drug-likeness (QED) is 0.698. The molecule has 1 aromatic rings. The van der Waals surface area contributed by atoms with Crippen molar-refractivity contribution in [1.82, 2.24) is 4.98 Å². The Balaban J connectivity index is 3.12. The predicted octanol–water partition coefficient (Wildman–Crippen LogP) is 1.78. The van der Waals surface area contributed by atoms with Gasteiger partial charge in [-0.25, -0.2) is 9.78 Å². The summed E-state index contributed by atoms with van der Waals surface area (Å²) in [5, 5.41) is 8.96. The molecule has 0 unspecified atom stereocenters. The highest BCUT2D eigenvalue weighted by molar-refractivity contribution is 6.30. The molecule has 0 N–H and O–H groups in total. The molecule has 0 aliphatic heterocycles. The fraction of sp³-hybridized carbons (Fsp3) is 0.222. The zero-order chi connectivity index (χ0) is 10.6. The lowest BCUT2D eigenvalue weighted by atomic mass is 10.2. The van der Waals surface area contributed by atoms with Crippen molar-refractivity contribution >= 4 is 17.6 Å². The van der Waals surface area contributed by atoms with Crippen LogP contribution in [-0.2, 0) is 4.74 Å². The van der Waals surface area contributed by atoms with Gasteiger partial charge in [-0.1, -0.05) is 11.6 Å². The molecule has 0 spiro atoms. The van der Waals surface area contributed by atoms with Gasteiger partial charge in [-0.05, 0) is 13.0 Å². The topological polar surface area (TPSA) is 63.0 Å². The van der Waals surface area contributed by atoms with E-state index in [9.17, 15) is 4.79 Å². The van der Waals surface area contributed by atoms with Gasteiger partial charge in [0.25, 0.3) is 0 Å². The smallest absolute Gasteiger partial charge is 0.341 e. The molecule has 1 rings (SSSR count). The molecule has 0 amide bonds. The summed E-state index contributed by atoms with van der Waals surface area (Å²) in [4.78, 5) is 15.0. The molecule has 4 nitrogen and oxygen atoms in total. The van der Waals surface area contributed by atoms with Crippen LogP contribution in [0, 0.1) is 11.3 Å². The summed E-state index contributed by atoms with van der Waals surface area (Å²) in [6.45, 7) is 1.93. The van der Waals surface area contributed by atoms with Gasteiger partial charge >= 0.3 is 5.97 Å². The van der Waals surface area contributed by atoms with Crippen LogP contribution >= 0.6 is 11.6 Å². The third-order valence-electron chi connectivity index (χ3n) is 1.46. The standard InChI is InChI=1S/C9H7ClN2O2/c1-2-14-9(13)7-3-6(10)5-12-8(7)4-11/h3,5H,2H2,1H3. The second-order valence-electron chi connectivity index (χ2n) is 2.38. The highest BCUT2D eigenvalue weighted by Gasteiger charge is 2.13. The molecule has 0 atom stereocenters. The maximum Gasteiger partial charge on any atom is 0.341 e. The number of aromatic nitrogens is 1. The van der Waals surface area contributed by atoms with Gasteiger partial charge in [0.2, 0.25) is 0 Å². The summed E-state index contributed by atoms with van der Waals surface area (Å²) < 4.78 is 4.74. The van der Waals surface area contributed by atoms with E-state index in [4.69, 9.17) is 21.6 Å². The number of carbonyl (C=O) groups is 1. The minimum absolute atomic E-state index is 0.0212. The number of esters is 1. The zero-order valence-electron chi connectivity index (χ0n) is 7.45. The van der Waals surface area contributed by atoms with Crippen LogP contribution in [0.25, 0.3) is 0 Å². The molecule has 1 heterocycles. The van der Waals surface area contributed by atoms with Crippen LogP contribution in [0.5, 0.6) is 0 Å². The second-order valence-corrected chi connectivity index (χ2v) is 2.82. The fourth-order valence-corrected chi connectivity index (χ4v) is 1.05. The first-order chi connectivity index (χ1) is 6.69. The van der Waals surface area contributed by atoms with Crippen molar-refractivity contribution in [3.8, 4) is 6.07 Å². The molecule has 0 fully saturated rings. The Hall–Kier alpha value is -1.60. The van der Waals surface area contributed by atoms with Crippen LogP contribution < -0.4 is 0 Å². The van der Waals surface area contributed by atoms with Gasteiger partial charge in [0.05, 0.1) is 17.2 Å². The molecule has 0 radical (unpaired) electrons. The Morgan fingerprint density at radius 1 is 1.79 bits per heavy atom. The minimum atomic E-state index is -0.584. The monoisotopic (exact) mass is 210 g/mol. The van der Waals surface area contributed by atoms with Gasteiger partial charge < -0.3 is 4.74 Å². The van der Waals surface area contributed by atoms with E-state index >= 15 is 0 Å². The number of carbonyl (C=O) groups excluding carboxylic acids is 1. The number of halogens is 1. The van der Waals surface area contributed by atoms with Crippen molar-refractivity contribution in [2.24, 2.45) is 0 Å². The van der Waals surface area contributed by atoms with E-state index in [1.807, 2.05) is 0 Å². The third-order valence-corrected chi connectivity index (χ3v) is 1.66. The first-order valence-electron chi connectivity index (χ1n) is 3.91. The summed E-state index contributed by atoms with van der Waals surface area (Å²) in [5.41, 5.74) is 0.120. The lowest BCUT2D eigenvalue weighted by molar-refractivity contribution is 0.0525. The first kappa shape index (κ1) is 10.5. The Morgan fingerprint density at radius 2 is 2.50 bits per heavy atom. The number of nitriles is 1. The minimum Gasteiger partial charge on any atom is -0.462 e. The van der Waals surface area contributed by atoms with Crippen LogP contribution in [-0.4, -0.2) is 17.6 Å². The molecule has 0 aliphatic carbocycles. The maximum absolute atomic E-state index is 11.3. The van der Waals surface area contributed by atoms with Gasteiger partial charge in [0.15, 0.2) is 5.69 Å². The van der Waals surface area contributed by atoms with E-state index in [0.717, 1.165) is 0 Å². The van der Waals surface area contributed by atoms with Crippen molar-refractivity contribution in [3.63, 3.8) is 0 Å². The molecule has 0 saturated carbocycles. The Labute approximate surface area is 86.1 Å². The number of rotatable bonds is 2. The SMILES string of the molecule is CCOC(=O)c1cc(Cl)cnc1C#N. The predicted molar refractivity (Wildman–Crippen MR) is 49.9 cm³/mol. The first-order valence-corrected chi connectivity index (χ1v) is 4.29. The molecule has 0 bridgehead atoms. The van der Waals surface area contributed by atoms with Crippen LogP contribution in [0.3, 0.4) is 0 Å². The number of ether oxygens (including phenoxy) is 1. The Morgan fingerprint density at radius 3 is 3.07 bits per heavy atom. The molecule has 0 aliphatic rings. The van der Waals surface area contributed by atoms with Gasteiger partial charge in [-0.15, -0.1) is 0 Å². The molecule has 14 heavy (non-hydrogen) atoms. The van der Waals surface area contributed by atoms with Gasteiger partial charge in [0, 0.05) is 6.20 Å². The normalized spacial score (nSPS) is 9.21. The van der Waals surface area contributed by atoms with E-state index in [1.54, 1.807) is 13.0 Å². The van der Waals surface area contributed by atoms with Crippen LogP contribution in [0.1, 0.15) is 23.0 Å². The highest BCUT2D eigenvalue weighted by Crippen LogP contribution is 2.13. The van der Waals surface area contributed by atoms with E-state index < -0.39 is 5.97 Å². The summed E-state index contributed by atoms with van der Waals surface area (Å²) >= 11 is 5.64. The molecule has 0 aromatic carbocycles. The lowest BCUT2D eigenvalue weighted by Crippen LogP contribution is -2.08. The van der Waals surface area contributed by atoms with Crippen molar-refractivity contribution in [1.29, 1.82) is 5.26 Å². The summed E-state index contributed by atoms with van der Waals surface area (Å²) in [6.07, 6.45) is 1.31. The van der Waals surface area contributed by atoms with Crippen LogP contribution in [0.4, 0.5) is 0 Å². The van der Waals surface area contributed by atoms with Gasteiger partial charge in [-0.3, -0.25) is 0 Å². The fourth-order valence-electron chi connectivity index (χ4n) is 0.893. The number of nitrogens with zero attached hydrogens (tertiary/aromatic N) is 2. The molecule has 1 aromatic heterocycles. The van der Waals surface area contributed by atoms with Crippen LogP contribution in [0.2, 0.25) is 5.02 Å². The highest BCUT2D eigenvalue weighted by atomic mass is 35.5. The molecular weight excluding hydrogens is 204 g/mol. The number of pyridine rings is 1. The summed E-state index contributed by atoms with van der Waals surface area (Å²) in [6, 6.07) is 3.16. The molecule has 0 saturated heterocycles.